The number of fused-ring (bicyclic) bond motifs is 1. The topological polar surface area (TPSA) is 62.2 Å². The number of aromatic nitrogens is 2. The molecule has 2 heterocycles. The average molecular weight is 337 g/mol. The normalized spacial score (nSPS) is 19.2. The van der Waals surface area contributed by atoms with Crippen LogP contribution in [0.5, 0.6) is 0 Å². The van der Waals surface area contributed by atoms with Crippen LogP contribution in [0.3, 0.4) is 0 Å². The lowest BCUT2D eigenvalue weighted by Crippen LogP contribution is -2.54. The van der Waals surface area contributed by atoms with Crippen LogP contribution in [-0.4, -0.2) is 21.3 Å². The first-order valence-corrected chi connectivity index (χ1v) is 9.30. The second-order valence-corrected chi connectivity index (χ2v) is 6.33. The van der Waals surface area contributed by atoms with Gasteiger partial charge in [0.25, 0.3) is 0 Å². The molecule has 1 aliphatic carbocycles. The van der Waals surface area contributed by atoms with Crippen LogP contribution < -0.4 is 10.6 Å². The van der Waals surface area contributed by atoms with Gasteiger partial charge in [0.15, 0.2) is 5.82 Å². The minimum Gasteiger partial charge on any atom is -0.356 e. The van der Waals surface area contributed by atoms with Gasteiger partial charge in [-0.15, -0.1) is 0 Å². The van der Waals surface area contributed by atoms with Crippen molar-refractivity contribution in [2.24, 2.45) is 4.99 Å². The van der Waals surface area contributed by atoms with Crippen LogP contribution >= 0.6 is 0 Å². The van der Waals surface area contributed by atoms with E-state index in [9.17, 15) is 0 Å². The van der Waals surface area contributed by atoms with E-state index in [4.69, 9.17) is 4.99 Å². The van der Waals surface area contributed by atoms with Crippen LogP contribution in [-0.2, 0) is 6.54 Å². The summed E-state index contributed by atoms with van der Waals surface area (Å²) in [5.74, 6) is 1.92. The summed E-state index contributed by atoms with van der Waals surface area (Å²) in [6.07, 6.45) is 9.33. The maximum Gasteiger partial charge on any atom is 0.154 e. The van der Waals surface area contributed by atoms with E-state index in [1.165, 1.54) is 24.8 Å². The predicted molar refractivity (Wildman–Crippen MR) is 104 cm³/mol. The van der Waals surface area contributed by atoms with Gasteiger partial charge in [0.2, 0.25) is 0 Å². The number of amidine groups is 1. The Morgan fingerprint density at radius 1 is 1.08 bits per heavy atom. The number of rotatable bonds is 2. The SMILES string of the molecule is CC.c1ccc(CN=C2Nc3cncnc3NC23CCCCC3)cc1. The standard InChI is InChI=1S/C18H21N5.C2H6/c1-3-7-14(8-4-1)11-20-17-18(9-5-2-6-10-18)23-16-15(22-17)12-19-13-21-16;1-2/h1,3-4,7-8,12-13H,2,5-6,9-11H2,(H,20,22)(H,19,21,23);1-2H3. The molecule has 1 fully saturated rings. The van der Waals surface area contributed by atoms with E-state index in [1.807, 2.05) is 26.1 Å². The van der Waals surface area contributed by atoms with E-state index < -0.39 is 0 Å². The molecule has 0 atom stereocenters. The fraction of sp³-hybridized carbons (Fsp3) is 0.450. The second kappa shape index (κ2) is 8.10. The summed E-state index contributed by atoms with van der Waals surface area (Å²) in [4.78, 5) is 13.4. The second-order valence-electron chi connectivity index (χ2n) is 6.33. The van der Waals surface area contributed by atoms with Crippen molar-refractivity contribution in [3.8, 4) is 0 Å². The molecule has 1 aromatic heterocycles. The number of aliphatic imine (C=N–C) groups is 1. The average Bonchev–Trinajstić information content (AvgIpc) is 2.69. The number of nitrogens with one attached hydrogen (secondary N) is 2. The minimum atomic E-state index is -0.103. The molecule has 1 saturated carbocycles. The largest absolute Gasteiger partial charge is 0.356 e. The summed E-state index contributed by atoms with van der Waals surface area (Å²) in [7, 11) is 0. The Balaban J connectivity index is 0.000000880. The van der Waals surface area contributed by atoms with Crippen LogP contribution in [0.2, 0.25) is 0 Å². The Hall–Kier alpha value is -2.43. The van der Waals surface area contributed by atoms with Crippen LogP contribution in [0.4, 0.5) is 11.5 Å². The summed E-state index contributed by atoms with van der Waals surface area (Å²) in [6, 6.07) is 10.4. The lowest BCUT2D eigenvalue weighted by molar-refractivity contribution is 0.401. The van der Waals surface area contributed by atoms with E-state index in [2.05, 4.69) is 44.9 Å². The minimum absolute atomic E-state index is 0.103. The van der Waals surface area contributed by atoms with Crippen molar-refractivity contribution in [1.29, 1.82) is 0 Å². The quantitative estimate of drug-likeness (QED) is 0.838. The van der Waals surface area contributed by atoms with Crippen molar-refractivity contribution in [1.82, 2.24) is 9.97 Å². The van der Waals surface area contributed by atoms with Gasteiger partial charge >= 0.3 is 0 Å². The van der Waals surface area contributed by atoms with Crippen molar-refractivity contribution < 1.29 is 0 Å². The van der Waals surface area contributed by atoms with Crippen LogP contribution in [0, 0.1) is 0 Å². The molecule has 132 valence electrons. The molecule has 2 aromatic rings. The first-order valence-electron chi connectivity index (χ1n) is 9.30. The van der Waals surface area contributed by atoms with E-state index >= 15 is 0 Å². The fourth-order valence-corrected chi connectivity index (χ4v) is 3.52. The Morgan fingerprint density at radius 2 is 1.84 bits per heavy atom. The number of hydrogen-bond acceptors (Lipinski definition) is 4. The van der Waals surface area contributed by atoms with Crippen LogP contribution in [0.25, 0.3) is 0 Å². The molecule has 0 bridgehead atoms. The van der Waals surface area contributed by atoms with Gasteiger partial charge < -0.3 is 10.6 Å². The summed E-state index contributed by atoms with van der Waals surface area (Å²) >= 11 is 0. The van der Waals surface area contributed by atoms with E-state index in [1.54, 1.807) is 6.33 Å². The highest BCUT2D eigenvalue weighted by Gasteiger charge is 2.41. The van der Waals surface area contributed by atoms with Crippen LogP contribution in [0.1, 0.15) is 51.5 Å². The summed E-state index contributed by atoms with van der Waals surface area (Å²) in [5.41, 5.74) is 2.03. The summed E-state index contributed by atoms with van der Waals surface area (Å²) < 4.78 is 0. The van der Waals surface area contributed by atoms with Crippen molar-refractivity contribution in [3.05, 3.63) is 48.4 Å². The smallest absolute Gasteiger partial charge is 0.154 e. The molecule has 25 heavy (non-hydrogen) atoms. The zero-order valence-electron chi connectivity index (χ0n) is 15.1. The first kappa shape index (κ1) is 17.4. The molecule has 0 amide bonds. The molecule has 2 aliphatic rings. The van der Waals surface area contributed by atoms with Gasteiger partial charge in [0.05, 0.1) is 18.3 Å². The number of benzene rings is 1. The molecule has 1 spiro atoms. The number of anilines is 2. The van der Waals surface area contributed by atoms with Gasteiger partial charge in [-0.3, -0.25) is 4.99 Å². The maximum atomic E-state index is 4.92. The first-order chi connectivity index (χ1) is 12.4. The van der Waals surface area contributed by atoms with Gasteiger partial charge in [-0.25, -0.2) is 9.97 Å². The summed E-state index contributed by atoms with van der Waals surface area (Å²) in [6.45, 7) is 4.69. The molecular weight excluding hydrogens is 310 g/mol. The Bertz CT molecular complexity index is 705. The van der Waals surface area contributed by atoms with Gasteiger partial charge in [-0.05, 0) is 18.4 Å². The van der Waals surface area contributed by atoms with Gasteiger partial charge in [-0.1, -0.05) is 63.4 Å². The third-order valence-corrected chi connectivity index (χ3v) is 4.75. The molecule has 0 saturated heterocycles. The van der Waals surface area contributed by atoms with E-state index in [-0.39, 0.29) is 5.54 Å². The highest BCUT2D eigenvalue weighted by molar-refractivity contribution is 6.08. The molecular formula is C20H27N5. The monoisotopic (exact) mass is 337 g/mol. The number of hydrogen-bond donors (Lipinski definition) is 2. The zero-order chi connectivity index (χ0) is 17.5. The van der Waals surface area contributed by atoms with Crippen molar-refractivity contribution in [2.45, 2.75) is 58.0 Å². The molecule has 2 N–H and O–H groups in total. The zero-order valence-corrected chi connectivity index (χ0v) is 15.1. The van der Waals surface area contributed by atoms with Crippen molar-refractivity contribution >= 4 is 17.3 Å². The highest BCUT2D eigenvalue weighted by Crippen LogP contribution is 2.38. The van der Waals surface area contributed by atoms with Crippen LogP contribution in [0.15, 0.2) is 47.8 Å². The fourth-order valence-electron chi connectivity index (χ4n) is 3.52. The van der Waals surface area contributed by atoms with Gasteiger partial charge in [0.1, 0.15) is 17.9 Å². The lowest BCUT2D eigenvalue weighted by Gasteiger charge is -2.43. The Labute approximate surface area is 150 Å². The van der Waals surface area contributed by atoms with Gasteiger partial charge in [-0.2, -0.15) is 0 Å². The number of nitrogens with zero attached hydrogens (tertiary/aromatic N) is 3. The molecule has 5 heteroatoms. The Kier molecular flexibility index (Phi) is 5.64. The van der Waals surface area contributed by atoms with Crippen molar-refractivity contribution in [2.75, 3.05) is 10.6 Å². The van der Waals surface area contributed by atoms with E-state index in [0.717, 1.165) is 30.2 Å². The lowest BCUT2D eigenvalue weighted by atomic mass is 9.79. The maximum absolute atomic E-state index is 4.92. The Morgan fingerprint density at radius 3 is 2.60 bits per heavy atom. The van der Waals surface area contributed by atoms with Gasteiger partial charge in [0, 0.05) is 0 Å². The molecule has 0 unspecified atom stereocenters. The summed E-state index contributed by atoms with van der Waals surface area (Å²) in [5, 5.41) is 7.14. The molecule has 4 rings (SSSR count). The molecule has 1 aromatic carbocycles. The third kappa shape index (κ3) is 3.81. The molecule has 5 nitrogen and oxygen atoms in total. The molecule has 0 radical (unpaired) electrons. The molecule has 1 aliphatic heterocycles. The van der Waals surface area contributed by atoms with E-state index in [0.29, 0.717) is 6.54 Å². The third-order valence-electron chi connectivity index (χ3n) is 4.75. The highest BCUT2D eigenvalue weighted by atomic mass is 15.2. The van der Waals surface area contributed by atoms with Crippen molar-refractivity contribution in [3.63, 3.8) is 0 Å². The predicted octanol–water partition coefficient (Wildman–Crippen LogP) is 4.64.